The zero-order chi connectivity index (χ0) is 20.2. The second kappa shape index (κ2) is 7.00. The zero-order valence-electron chi connectivity index (χ0n) is 17.9. The molecule has 0 saturated heterocycles. The summed E-state index contributed by atoms with van der Waals surface area (Å²) < 4.78 is 1.90. The van der Waals surface area contributed by atoms with E-state index in [2.05, 4.69) is 17.3 Å². The normalized spacial score (nSPS) is 31.1. The fourth-order valence-corrected chi connectivity index (χ4v) is 7.31. The van der Waals surface area contributed by atoms with Gasteiger partial charge in [0.2, 0.25) is 0 Å². The minimum absolute atomic E-state index is 0.0600. The molecular formula is C25H33N3O. The Labute approximate surface area is 174 Å². The van der Waals surface area contributed by atoms with Crippen molar-refractivity contribution in [2.45, 2.75) is 71.8 Å². The number of aromatic nitrogens is 2. The maximum atomic E-state index is 13.4. The number of carbonyl (C=O) groups is 1. The molecule has 4 aliphatic carbocycles. The van der Waals surface area contributed by atoms with Gasteiger partial charge in [-0.3, -0.25) is 4.79 Å². The lowest BCUT2D eigenvalue weighted by atomic mass is 9.47. The van der Waals surface area contributed by atoms with E-state index in [1.807, 2.05) is 48.9 Å². The first-order valence-electron chi connectivity index (χ1n) is 11.4. The third kappa shape index (κ3) is 3.12. The smallest absolute Gasteiger partial charge is 0.255 e. The molecule has 2 aromatic rings. The largest absolute Gasteiger partial charge is 0.349 e. The van der Waals surface area contributed by atoms with Gasteiger partial charge in [-0.1, -0.05) is 25.1 Å². The van der Waals surface area contributed by atoms with Crippen molar-refractivity contribution in [3.63, 3.8) is 0 Å². The Morgan fingerprint density at radius 3 is 2.24 bits per heavy atom. The lowest BCUT2D eigenvalue weighted by Gasteiger charge is -2.59. The number of hydrogen-bond acceptors (Lipinski definition) is 2. The Balaban J connectivity index is 1.41. The van der Waals surface area contributed by atoms with E-state index in [0.717, 1.165) is 46.8 Å². The van der Waals surface area contributed by atoms with Gasteiger partial charge in [-0.05, 0) is 94.1 Å². The number of nitrogens with one attached hydrogen (secondary N) is 1. The maximum absolute atomic E-state index is 13.4. The van der Waals surface area contributed by atoms with Crippen LogP contribution in [0.15, 0.2) is 30.3 Å². The summed E-state index contributed by atoms with van der Waals surface area (Å²) >= 11 is 0. The number of para-hydroxylation sites is 1. The van der Waals surface area contributed by atoms with Crippen molar-refractivity contribution in [3.05, 3.63) is 47.3 Å². The van der Waals surface area contributed by atoms with Crippen molar-refractivity contribution in [2.24, 2.45) is 23.2 Å². The number of aryl methyl sites for hydroxylation is 1. The molecule has 4 saturated carbocycles. The lowest BCUT2D eigenvalue weighted by Crippen LogP contribution is -2.56. The SMILES string of the molecule is CCC(NC(=O)c1c(C)nn(-c2ccccc2)c1C)C12CC3CC(CC(C3)C1)C2. The molecule has 4 aliphatic rings. The molecule has 4 heteroatoms. The van der Waals surface area contributed by atoms with E-state index in [9.17, 15) is 4.79 Å². The summed E-state index contributed by atoms with van der Waals surface area (Å²) in [7, 11) is 0. The van der Waals surface area contributed by atoms with Crippen LogP contribution in [0.4, 0.5) is 0 Å². The summed E-state index contributed by atoms with van der Waals surface area (Å²) in [5, 5.41) is 8.18. The standard InChI is InChI=1S/C25H33N3O/c1-4-22(25-13-18-10-19(14-25)12-20(11-18)15-25)26-24(29)23-16(2)27-28(17(23)3)21-8-6-5-7-9-21/h5-9,18-20,22H,4,10-15H2,1-3H3,(H,26,29). The van der Waals surface area contributed by atoms with Crippen molar-refractivity contribution < 1.29 is 4.79 Å². The Bertz CT molecular complexity index is 878. The van der Waals surface area contributed by atoms with E-state index in [4.69, 9.17) is 0 Å². The van der Waals surface area contributed by atoms with Gasteiger partial charge in [0.05, 0.1) is 22.6 Å². The molecule has 1 heterocycles. The monoisotopic (exact) mass is 391 g/mol. The van der Waals surface area contributed by atoms with Crippen molar-refractivity contribution in [3.8, 4) is 5.69 Å². The highest BCUT2D eigenvalue weighted by Crippen LogP contribution is 2.61. The molecule has 4 fully saturated rings. The first kappa shape index (κ1) is 18.9. The number of nitrogens with zero attached hydrogens (tertiary/aromatic N) is 2. The van der Waals surface area contributed by atoms with Crippen LogP contribution in [0.5, 0.6) is 0 Å². The van der Waals surface area contributed by atoms with E-state index in [-0.39, 0.29) is 11.9 Å². The summed E-state index contributed by atoms with van der Waals surface area (Å²) in [4.78, 5) is 13.4. The Hall–Kier alpha value is -2.10. The first-order chi connectivity index (χ1) is 14.0. The van der Waals surface area contributed by atoms with E-state index in [0.29, 0.717) is 5.41 Å². The molecule has 1 N–H and O–H groups in total. The molecule has 0 radical (unpaired) electrons. The van der Waals surface area contributed by atoms with Crippen molar-refractivity contribution >= 4 is 5.91 Å². The predicted molar refractivity (Wildman–Crippen MR) is 115 cm³/mol. The third-order valence-corrected chi connectivity index (χ3v) is 8.06. The Morgan fingerprint density at radius 2 is 1.69 bits per heavy atom. The molecule has 4 bridgehead atoms. The summed E-state index contributed by atoms with van der Waals surface area (Å²) in [6, 6.07) is 10.4. The number of carbonyl (C=O) groups excluding carboxylic acids is 1. The van der Waals surface area contributed by atoms with Gasteiger partial charge in [0, 0.05) is 6.04 Å². The molecule has 29 heavy (non-hydrogen) atoms. The molecule has 0 aliphatic heterocycles. The molecular weight excluding hydrogens is 358 g/mol. The summed E-state index contributed by atoms with van der Waals surface area (Å²) in [6.07, 6.45) is 9.28. The van der Waals surface area contributed by atoms with Crippen LogP contribution >= 0.6 is 0 Å². The number of rotatable bonds is 5. The van der Waals surface area contributed by atoms with Gasteiger partial charge < -0.3 is 5.32 Å². The van der Waals surface area contributed by atoms with Crippen LogP contribution in [0.25, 0.3) is 5.69 Å². The average Bonchev–Trinajstić information content (AvgIpc) is 2.99. The molecule has 1 unspecified atom stereocenters. The van der Waals surface area contributed by atoms with Gasteiger partial charge in [-0.15, -0.1) is 0 Å². The Morgan fingerprint density at radius 1 is 1.10 bits per heavy atom. The fraction of sp³-hybridized carbons (Fsp3) is 0.600. The third-order valence-electron chi connectivity index (χ3n) is 8.06. The van der Waals surface area contributed by atoms with Crippen LogP contribution in [0.2, 0.25) is 0 Å². The van der Waals surface area contributed by atoms with E-state index in [1.54, 1.807) is 0 Å². The van der Waals surface area contributed by atoms with Crippen LogP contribution in [0.3, 0.4) is 0 Å². The molecule has 154 valence electrons. The molecule has 1 amide bonds. The van der Waals surface area contributed by atoms with Crippen LogP contribution in [0.1, 0.15) is 73.6 Å². The van der Waals surface area contributed by atoms with Gasteiger partial charge in [-0.25, -0.2) is 4.68 Å². The van der Waals surface area contributed by atoms with Gasteiger partial charge in [0.15, 0.2) is 0 Å². The second-order valence-electron chi connectivity index (χ2n) is 10.0. The zero-order valence-corrected chi connectivity index (χ0v) is 17.9. The lowest BCUT2D eigenvalue weighted by molar-refractivity contribution is -0.0727. The van der Waals surface area contributed by atoms with Gasteiger partial charge in [0.25, 0.3) is 5.91 Å². The summed E-state index contributed by atoms with van der Waals surface area (Å²) in [5.74, 6) is 2.76. The predicted octanol–water partition coefficient (Wildman–Crippen LogP) is 5.21. The molecule has 1 aromatic carbocycles. The van der Waals surface area contributed by atoms with Crippen molar-refractivity contribution in [2.75, 3.05) is 0 Å². The van der Waals surface area contributed by atoms with Gasteiger partial charge >= 0.3 is 0 Å². The molecule has 6 rings (SSSR count). The van der Waals surface area contributed by atoms with E-state index in [1.165, 1.54) is 38.5 Å². The minimum Gasteiger partial charge on any atom is -0.349 e. The van der Waals surface area contributed by atoms with Crippen LogP contribution < -0.4 is 5.32 Å². The quantitative estimate of drug-likeness (QED) is 0.760. The summed E-state index contributed by atoms with van der Waals surface area (Å²) in [5.41, 5.74) is 3.81. The molecule has 1 atom stereocenters. The highest BCUT2D eigenvalue weighted by atomic mass is 16.1. The fourth-order valence-electron chi connectivity index (χ4n) is 7.31. The van der Waals surface area contributed by atoms with Crippen molar-refractivity contribution in [1.82, 2.24) is 15.1 Å². The molecule has 1 aromatic heterocycles. The maximum Gasteiger partial charge on any atom is 0.255 e. The number of amides is 1. The van der Waals surface area contributed by atoms with Crippen molar-refractivity contribution in [1.29, 1.82) is 0 Å². The van der Waals surface area contributed by atoms with E-state index < -0.39 is 0 Å². The van der Waals surface area contributed by atoms with Gasteiger partial charge in [0.1, 0.15) is 0 Å². The first-order valence-corrected chi connectivity index (χ1v) is 11.4. The van der Waals surface area contributed by atoms with Crippen LogP contribution in [-0.4, -0.2) is 21.7 Å². The minimum atomic E-state index is 0.0600. The van der Waals surface area contributed by atoms with Crippen LogP contribution in [-0.2, 0) is 0 Å². The second-order valence-corrected chi connectivity index (χ2v) is 10.0. The number of benzene rings is 1. The van der Waals surface area contributed by atoms with Crippen LogP contribution in [0, 0.1) is 37.0 Å². The molecule has 4 nitrogen and oxygen atoms in total. The highest BCUT2D eigenvalue weighted by molar-refractivity contribution is 5.96. The Kier molecular flexibility index (Phi) is 4.56. The topological polar surface area (TPSA) is 46.9 Å². The number of hydrogen-bond donors (Lipinski definition) is 1. The van der Waals surface area contributed by atoms with Gasteiger partial charge in [-0.2, -0.15) is 5.10 Å². The summed E-state index contributed by atoms with van der Waals surface area (Å²) in [6.45, 7) is 6.21. The highest BCUT2D eigenvalue weighted by Gasteiger charge is 2.54. The average molecular weight is 392 g/mol. The molecule has 0 spiro atoms. The van der Waals surface area contributed by atoms with E-state index >= 15 is 0 Å².